The van der Waals surface area contributed by atoms with E-state index in [1.165, 1.54) is 10.8 Å². The first-order valence-electron chi connectivity index (χ1n) is 4.96. The van der Waals surface area contributed by atoms with Gasteiger partial charge in [0, 0.05) is 13.2 Å². The van der Waals surface area contributed by atoms with E-state index < -0.39 is 11.2 Å². The van der Waals surface area contributed by atoms with Gasteiger partial charge in [0.15, 0.2) is 0 Å². The maximum Gasteiger partial charge on any atom is 0.328 e. The quantitative estimate of drug-likeness (QED) is 0.872. The summed E-state index contributed by atoms with van der Waals surface area (Å²) in [5.74, 6) is 0. The molecule has 0 fully saturated rings. The van der Waals surface area contributed by atoms with Crippen molar-refractivity contribution < 1.29 is 0 Å². The smallest absolute Gasteiger partial charge is 0.293 e. The predicted octanol–water partition coefficient (Wildman–Crippen LogP) is 0.389. The summed E-state index contributed by atoms with van der Waals surface area (Å²) >= 11 is 3.09. The van der Waals surface area contributed by atoms with Crippen molar-refractivity contribution in [3.63, 3.8) is 0 Å². The summed E-state index contributed by atoms with van der Waals surface area (Å²) in [6.45, 7) is 2.25. The maximum absolute atomic E-state index is 11.6. The summed E-state index contributed by atoms with van der Waals surface area (Å²) in [6.07, 6.45) is 1.48. The normalized spacial score (nSPS) is 10.8. The summed E-state index contributed by atoms with van der Waals surface area (Å²) in [4.78, 5) is 25.0. The zero-order valence-corrected chi connectivity index (χ0v) is 11.0. The average molecular weight is 299 g/mol. The maximum atomic E-state index is 11.6. The first-order chi connectivity index (χ1) is 7.97. The lowest BCUT2D eigenvalue weighted by Gasteiger charge is -2.05. The SMILES string of the molecule is Cc1cc(Cn2cc(Br)c(=O)[nH]c2=O)n(C)n1. The fourth-order valence-corrected chi connectivity index (χ4v) is 1.93. The molecule has 2 aromatic rings. The topological polar surface area (TPSA) is 72.7 Å². The number of aromatic amines is 1. The molecule has 0 aliphatic rings. The van der Waals surface area contributed by atoms with Crippen molar-refractivity contribution in [2.45, 2.75) is 13.5 Å². The Morgan fingerprint density at radius 3 is 2.76 bits per heavy atom. The van der Waals surface area contributed by atoms with Crippen LogP contribution in [0.4, 0.5) is 0 Å². The molecule has 2 aromatic heterocycles. The van der Waals surface area contributed by atoms with Gasteiger partial charge in [0.25, 0.3) is 5.56 Å². The van der Waals surface area contributed by atoms with Crippen LogP contribution in [0.5, 0.6) is 0 Å². The molecule has 2 rings (SSSR count). The predicted molar refractivity (Wildman–Crippen MR) is 66.1 cm³/mol. The van der Waals surface area contributed by atoms with Gasteiger partial charge in [-0.15, -0.1) is 0 Å². The number of rotatable bonds is 2. The van der Waals surface area contributed by atoms with E-state index in [1.54, 1.807) is 4.68 Å². The Bertz CT molecular complexity index is 668. The molecule has 0 saturated carbocycles. The molecule has 7 heteroatoms. The first-order valence-corrected chi connectivity index (χ1v) is 5.75. The van der Waals surface area contributed by atoms with Crippen molar-refractivity contribution in [2.24, 2.45) is 7.05 Å². The van der Waals surface area contributed by atoms with Gasteiger partial charge in [-0.3, -0.25) is 19.0 Å². The molecule has 0 radical (unpaired) electrons. The minimum atomic E-state index is -0.433. The lowest BCUT2D eigenvalue weighted by atomic mass is 10.3. The van der Waals surface area contributed by atoms with Gasteiger partial charge in [-0.05, 0) is 28.9 Å². The van der Waals surface area contributed by atoms with Crippen LogP contribution in [-0.2, 0) is 13.6 Å². The van der Waals surface area contributed by atoms with E-state index in [4.69, 9.17) is 0 Å². The highest BCUT2D eigenvalue weighted by Crippen LogP contribution is 2.04. The lowest BCUT2D eigenvalue weighted by molar-refractivity contribution is 0.636. The minimum absolute atomic E-state index is 0.330. The molecule has 17 heavy (non-hydrogen) atoms. The Morgan fingerprint density at radius 2 is 2.18 bits per heavy atom. The third-order valence-corrected chi connectivity index (χ3v) is 2.96. The van der Waals surface area contributed by atoms with E-state index in [0.29, 0.717) is 11.0 Å². The van der Waals surface area contributed by atoms with Crippen molar-refractivity contribution in [3.05, 3.63) is 49.0 Å². The van der Waals surface area contributed by atoms with E-state index in [2.05, 4.69) is 26.0 Å². The highest BCUT2D eigenvalue weighted by Gasteiger charge is 2.06. The van der Waals surface area contributed by atoms with Crippen LogP contribution in [-0.4, -0.2) is 19.3 Å². The Morgan fingerprint density at radius 1 is 1.47 bits per heavy atom. The van der Waals surface area contributed by atoms with Crippen LogP contribution in [0.3, 0.4) is 0 Å². The summed E-state index contributed by atoms with van der Waals surface area (Å²) in [5.41, 5.74) is 0.923. The molecule has 0 spiro atoms. The van der Waals surface area contributed by atoms with Crippen molar-refractivity contribution >= 4 is 15.9 Å². The molecular formula is C10H11BrN4O2. The summed E-state index contributed by atoms with van der Waals surface area (Å²) < 4.78 is 3.46. The zero-order chi connectivity index (χ0) is 12.6. The minimum Gasteiger partial charge on any atom is -0.293 e. The van der Waals surface area contributed by atoms with Crippen LogP contribution in [0.1, 0.15) is 11.4 Å². The number of H-pyrrole nitrogens is 1. The number of aryl methyl sites for hydroxylation is 2. The van der Waals surface area contributed by atoms with Crippen LogP contribution in [0.25, 0.3) is 0 Å². The Labute approximate surface area is 105 Å². The van der Waals surface area contributed by atoms with Crippen molar-refractivity contribution in [2.75, 3.05) is 0 Å². The second-order valence-corrected chi connectivity index (χ2v) is 4.62. The molecule has 90 valence electrons. The Balaban J connectivity index is 2.43. The molecule has 6 nitrogen and oxygen atoms in total. The van der Waals surface area contributed by atoms with E-state index >= 15 is 0 Å². The third-order valence-electron chi connectivity index (χ3n) is 2.40. The van der Waals surface area contributed by atoms with Gasteiger partial charge in [-0.1, -0.05) is 0 Å². The fraction of sp³-hybridized carbons (Fsp3) is 0.300. The monoisotopic (exact) mass is 298 g/mol. The van der Waals surface area contributed by atoms with Crippen molar-refractivity contribution in [1.82, 2.24) is 19.3 Å². The van der Waals surface area contributed by atoms with Crippen LogP contribution in [0.15, 0.2) is 26.3 Å². The molecule has 0 aromatic carbocycles. The van der Waals surface area contributed by atoms with Gasteiger partial charge < -0.3 is 0 Å². The largest absolute Gasteiger partial charge is 0.328 e. The van der Waals surface area contributed by atoms with Crippen LogP contribution < -0.4 is 11.2 Å². The van der Waals surface area contributed by atoms with Gasteiger partial charge in [-0.25, -0.2) is 4.79 Å². The summed E-state index contributed by atoms with van der Waals surface area (Å²) in [5, 5.41) is 4.19. The van der Waals surface area contributed by atoms with E-state index in [-0.39, 0.29) is 0 Å². The van der Waals surface area contributed by atoms with Crippen LogP contribution >= 0.6 is 15.9 Å². The molecule has 0 bridgehead atoms. The number of hydrogen-bond donors (Lipinski definition) is 1. The molecule has 1 N–H and O–H groups in total. The number of hydrogen-bond acceptors (Lipinski definition) is 3. The average Bonchev–Trinajstić information content (AvgIpc) is 2.54. The molecule has 0 unspecified atom stereocenters. The Hall–Kier alpha value is -1.63. The van der Waals surface area contributed by atoms with Gasteiger partial charge in [0.2, 0.25) is 0 Å². The van der Waals surface area contributed by atoms with E-state index in [1.807, 2.05) is 20.0 Å². The van der Waals surface area contributed by atoms with Crippen molar-refractivity contribution in [3.8, 4) is 0 Å². The third kappa shape index (κ3) is 2.38. The van der Waals surface area contributed by atoms with Crippen LogP contribution in [0, 0.1) is 6.92 Å². The molecule has 0 aliphatic heterocycles. The molecule has 0 saturated heterocycles. The van der Waals surface area contributed by atoms with Crippen LogP contribution in [0.2, 0.25) is 0 Å². The van der Waals surface area contributed by atoms with Gasteiger partial charge >= 0.3 is 5.69 Å². The Kier molecular flexibility index (Phi) is 3.01. The summed E-state index contributed by atoms with van der Waals surface area (Å²) in [7, 11) is 1.81. The van der Waals surface area contributed by atoms with Gasteiger partial charge in [-0.2, -0.15) is 5.10 Å². The standard InChI is InChI=1S/C10H11BrN4O2/c1-6-3-7(14(2)13-6)4-15-5-8(11)9(16)12-10(15)17/h3,5H,4H2,1-2H3,(H,12,16,17). The molecule has 0 amide bonds. The number of halogens is 1. The first kappa shape index (κ1) is 11.8. The molecule has 0 atom stereocenters. The second kappa shape index (κ2) is 4.33. The fourth-order valence-electron chi connectivity index (χ4n) is 1.59. The molecule has 2 heterocycles. The van der Waals surface area contributed by atoms with Crippen molar-refractivity contribution in [1.29, 1.82) is 0 Å². The highest BCUT2D eigenvalue weighted by molar-refractivity contribution is 9.10. The zero-order valence-electron chi connectivity index (χ0n) is 9.40. The highest BCUT2D eigenvalue weighted by atomic mass is 79.9. The van der Waals surface area contributed by atoms with Gasteiger partial charge in [0.1, 0.15) is 0 Å². The van der Waals surface area contributed by atoms with E-state index in [0.717, 1.165) is 11.4 Å². The lowest BCUT2D eigenvalue weighted by Crippen LogP contribution is -2.30. The van der Waals surface area contributed by atoms with Gasteiger partial charge in [0.05, 0.1) is 22.4 Å². The number of nitrogens with zero attached hydrogens (tertiary/aromatic N) is 3. The second-order valence-electron chi connectivity index (χ2n) is 3.76. The van der Waals surface area contributed by atoms with E-state index in [9.17, 15) is 9.59 Å². The summed E-state index contributed by atoms with van der Waals surface area (Å²) in [6, 6.07) is 1.89. The molecule has 0 aliphatic carbocycles. The number of nitrogens with one attached hydrogen (secondary N) is 1. The number of aromatic nitrogens is 4. The molecular weight excluding hydrogens is 288 g/mol.